The van der Waals surface area contributed by atoms with Crippen molar-refractivity contribution in [2.75, 3.05) is 27.2 Å². The third-order valence-corrected chi connectivity index (χ3v) is 4.12. The maximum atomic E-state index is 11.9. The summed E-state index contributed by atoms with van der Waals surface area (Å²) in [5, 5.41) is 5.88. The first-order valence-corrected chi connectivity index (χ1v) is 8.16. The van der Waals surface area contributed by atoms with Crippen molar-refractivity contribution in [1.29, 1.82) is 0 Å². The lowest BCUT2D eigenvalue weighted by molar-refractivity contribution is 0.191. The van der Waals surface area contributed by atoms with Gasteiger partial charge in [-0.2, -0.15) is 0 Å². The minimum Gasteiger partial charge on any atom is -0.338 e. The van der Waals surface area contributed by atoms with Crippen molar-refractivity contribution < 1.29 is 4.79 Å². The van der Waals surface area contributed by atoms with Crippen LogP contribution in [0.25, 0.3) is 0 Å². The van der Waals surface area contributed by atoms with E-state index in [-0.39, 0.29) is 6.03 Å². The second kappa shape index (κ2) is 10.2. The first-order chi connectivity index (χ1) is 10.6. The van der Waals surface area contributed by atoms with Crippen molar-refractivity contribution in [1.82, 2.24) is 20.5 Å². The molecule has 0 radical (unpaired) electrons. The first kappa shape index (κ1) is 18.4. The van der Waals surface area contributed by atoms with Crippen LogP contribution in [0.5, 0.6) is 0 Å². The van der Waals surface area contributed by atoms with Crippen molar-refractivity contribution in [2.24, 2.45) is 5.92 Å². The summed E-state index contributed by atoms with van der Waals surface area (Å²) in [6.45, 7) is 5.68. The average Bonchev–Trinajstić information content (AvgIpc) is 2.52. The second-order valence-electron chi connectivity index (χ2n) is 5.82. The number of hydrogen-bond acceptors (Lipinski definition) is 3. The molecule has 124 valence electrons. The van der Waals surface area contributed by atoms with E-state index in [1.54, 1.807) is 6.20 Å². The molecule has 0 saturated heterocycles. The summed E-state index contributed by atoms with van der Waals surface area (Å²) in [6.07, 6.45) is 4.77. The average molecular weight is 306 g/mol. The minimum absolute atomic E-state index is 0.103. The Morgan fingerprint density at radius 1 is 1.23 bits per heavy atom. The molecule has 0 saturated carbocycles. The Kier molecular flexibility index (Phi) is 8.51. The van der Waals surface area contributed by atoms with Gasteiger partial charge in [0.25, 0.3) is 0 Å². The molecule has 1 unspecified atom stereocenters. The Hall–Kier alpha value is -1.62. The molecular formula is C17H30N4O. The summed E-state index contributed by atoms with van der Waals surface area (Å²) < 4.78 is 0. The summed E-state index contributed by atoms with van der Waals surface area (Å²) >= 11 is 0. The lowest BCUT2D eigenvalue weighted by atomic mass is 9.93. The maximum absolute atomic E-state index is 11.9. The van der Waals surface area contributed by atoms with Gasteiger partial charge in [0.2, 0.25) is 0 Å². The van der Waals surface area contributed by atoms with E-state index in [1.165, 1.54) is 0 Å². The van der Waals surface area contributed by atoms with Crippen LogP contribution < -0.4 is 10.6 Å². The first-order valence-electron chi connectivity index (χ1n) is 8.16. The van der Waals surface area contributed by atoms with Crippen molar-refractivity contribution >= 4 is 6.03 Å². The fourth-order valence-electron chi connectivity index (χ4n) is 2.71. The fourth-order valence-corrected chi connectivity index (χ4v) is 2.71. The van der Waals surface area contributed by atoms with Gasteiger partial charge in [0.1, 0.15) is 0 Å². The molecule has 1 aromatic rings. The van der Waals surface area contributed by atoms with Crippen LogP contribution in [0.3, 0.4) is 0 Å². The molecule has 5 nitrogen and oxygen atoms in total. The number of amides is 2. The van der Waals surface area contributed by atoms with Crippen molar-refractivity contribution in [2.45, 2.75) is 39.2 Å². The standard InChI is InChI=1S/C17H30N4O/c1-5-14(6-2)16(21(3)4)13-20-17(22)19-12-10-15-9-7-8-11-18-15/h7-9,11,14,16H,5-6,10,12-13H2,1-4H3,(H2,19,20,22). The molecule has 0 bridgehead atoms. The third-order valence-electron chi connectivity index (χ3n) is 4.12. The summed E-state index contributed by atoms with van der Waals surface area (Å²) in [4.78, 5) is 18.3. The molecule has 0 aliphatic heterocycles. The van der Waals surface area contributed by atoms with E-state index in [0.29, 0.717) is 25.0 Å². The number of likely N-dealkylation sites (N-methyl/N-ethyl adjacent to an activating group) is 1. The Balaban J connectivity index is 2.31. The van der Waals surface area contributed by atoms with Crippen molar-refractivity contribution in [3.8, 4) is 0 Å². The lowest BCUT2D eigenvalue weighted by Crippen LogP contribution is -2.47. The number of aromatic nitrogens is 1. The van der Waals surface area contributed by atoms with Gasteiger partial charge in [-0.1, -0.05) is 32.8 Å². The number of pyridine rings is 1. The van der Waals surface area contributed by atoms with Crippen LogP contribution in [-0.4, -0.2) is 49.1 Å². The Bertz CT molecular complexity index is 418. The molecule has 1 heterocycles. The van der Waals surface area contributed by atoms with Crippen molar-refractivity contribution in [3.63, 3.8) is 0 Å². The second-order valence-corrected chi connectivity index (χ2v) is 5.82. The summed E-state index contributed by atoms with van der Waals surface area (Å²) in [6, 6.07) is 6.09. The number of urea groups is 1. The lowest BCUT2D eigenvalue weighted by Gasteiger charge is -2.31. The largest absolute Gasteiger partial charge is 0.338 e. The molecule has 1 atom stereocenters. The zero-order valence-electron chi connectivity index (χ0n) is 14.3. The zero-order valence-corrected chi connectivity index (χ0v) is 14.3. The van der Waals surface area contributed by atoms with Gasteiger partial charge in [-0.05, 0) is 32.1 Å². The molecule has 22 heavy (non-hydrogen) atoms. The quantitative estimate of drug-likeness (QED) is 0.736. The van der Waals surface area contributed by atoms with Gasteiger partial charge in [-0.3, -0.25) is 4.98 Å². The highest BCUT2D eigenvalue weighted by atomic mass is 16.2. The van der Waals surface area contributed by atoms with Crippen molar-refractivity contribution in [3.05, 3.63) is 30.1 Å². The molecular weight excluding hydrogens is 276 g/mol. The van der Waals surface area contributed by atoms with Crippen LogP contribution >= 0.6 is 0 Å². The highest BCUT2D eigenvalue weighted by Gasteiger charge is 2.20. The van der Waals surface area contributed by atoms with E-state index in [9.17, 15) is 4.79 Å². The predicted octanol–water partition coefficient (Wildman–Crippen LogP) is 2.29. The molecule has 0 fully saturated rings. The SMILES string of the molecule is CCC(CC)C(CNC(=O)NCCc1ccccn1)N(C)C. The molecule has 1 rings (SSSR count). The smallest absolute Gasteiger partial charge is 0.314 e. The van der Waals surface area contributed by atoms with Gasteiger partial charge in [-0.25, -0.2) is 4.79 Å². The molecule has 2 amide bonds. The number of nitrogens with one attached hydrogen (secondary N) is 2. The highest BCUT2D eigenvalue weighted by Crippen LogP contribution is 2.16. The molecule has 0 aromatic carbocycles. The number of rotatable bonds is 9. The Morgan fingerprint density at radius 3 is 2.50 bits per heavy atom. The summed E-state index contributed by atoms with van der Waals surface area (Å²) in [5.74, 6) is 0.601. The van der Waals surface area contributed by atoms with Gasteiger partial charge >= 0.3 is 6.03 Å². The predicted molar refractivity (Wildman–Crippen MR) is 90.9 cm³/mol. The normalized spacial score (nSPS) is 12.5. The number of carbonyl (C=O) groups excluding carboxylic acids is 1. The molecule has 0 spiro atoms. The van der Waals surface area contributed by atoms with E-state index >= 15 is 0 Å². The van der Waals surface area contributed by atoms with Gasteiger partial charge in [0, 0.05) is 37.4 Å². The van der Waals surface area contributed by atoms with Gasteiger partial charge in [0.15, 0.2) is 0 Å². The topological polar surface area (TPSA) is 57.3 Å². The Labute approximate surface area is 134 Å². The molecule has 5 heteroatoms. The monoisotopic (exact) mass is 306 g/mol. The van der Waals surface area contributed by atoms with Crippen LogP contribution in [0.2, 0.25) is 0 Å². The molecule has 1 aromatic heterocycles. The number of nitrogens with zero attached hydrogens (tertiary/aromatic N) is 2. The van der Waals surface area contributed by atoms with Crippen LogP contribution in [0.15, 0.2) is 24.4 Å². The molecule has 2 N–H and O–H groups in total. The van der Waals surface area contributed by atoms with Gasteiger partial charge in [0.05, 0.1) is 0 Å². The highest BCUT2D eigenvalue weighted by molar-refractivity contribution is 5.73. The van der Waals surface area contributed by atoms with E-state index in [0.717, 1.165) is 25.0 Å². The Morgan fingerprint density at radius 2 is 1.95 bits per heavy atom. The molecule has 0 aliphatic carbocycles. The summed E-state index contributed by atoms with van der Waals surface area (Å²) in [7, 11) is 4.15. The zero-order chi connectivity index (χ0) is 16.4. The van der Waals surface area contributed by atoms with Crippen LogP contribution in [0.1, 0.15) is 32.4 Å². The van der Waals surface area contributed by atoms with Crippen LogP contribution in [-0.2, 0) is 6.42 Å². The third kappa shape index (κ3) is 6.43. The number of hydrogen-bond donors (Lipinski definition) is 2. The minimum atomic E-state index is -0.103. The van der Waals surface area contributed by atoms with E-state index in [1.807, 2.05) is 18.2 Å². The summed E-state index contributed by atoms with van der Waals surface area (Å²) in [5.41, 5.74) is 0.992. The van der Waals surface area contributed by atoms with Crippen LogP contribution in [0.4, 0.5) is 4.79 Å². The number of carbonyl (C=O) groups is 1. The maximum Gasteiger partial charge on any atom is 0.314 e. The van der Waals surface area contributed by atoms with E-state index < -0.39 is 0 Å². The van der Waals surface area contributed by atoms with Crippen LogP contribution in [0, 0.1) is 5.92 Å². The fraction of sp³-hybridized carbons (Fsp3) is 0.647. The van der Waals surface area contributed by atoms with E-state index in [4.69, 9.17) is 0 Å². The van der Waals surface area contributed by atoms with Gasteiger partial charge < -0.3 is 15.5 Å². The van der Waals surface area contributed by atoms with E-state index in [2.05, 4.69) is 48.5 Å². The van der Waals surface area contributed by atoms with Gasteiger partial charge in [-0.15, -0.1) is 0 Å². The molecule has 0 aliphatic rings.